The lowest BCUT2D eigenvalue weighted by atomic mass is 10.0. The van der Waals surface area contributed by atoms with Gasteiger partial charge in [-0.25, -0.2) is 5.43 Å². The number of nitrogens with one attached hydrogen (secondary N) is 2. The Hall–Kier alpha value is -2.49. The summed E-state index contributed by atoms with van der Waals surface area (Å²) in [6.07, 6.45) is 1.27. The second kappa shape index (κ2) is 10.5. The van der Waals surface area contributed by atoms with Crippen molar-refractivity contribution >= 4 is 62.8 Å². The van der Waals surface area contributed by atoms with Crippen LogP contribution in [0.5, 0.6) is 0 Å². The maximum atomic E-state index is 12.5. The summed E-state index contributed by atoms with van der Waals surface area (Å²) in [7, 11) is 0. The maximum Gasteiger partial charge on any atom is 0.284 e. The Morgan fingerprint density at radius 3 is 2.47 bits per heavy atom. The third kappa shape index (κ3) is 6.25. The van der Waals surface area contributed by atoms with Crippen molar-refractivity contribution in [1.29, 1.82) is 0 Å². The molecule has 30 heavy (non-hydrogen) atoms. The average molecular weight is 516 g/mol. The van der Waals surface area contributed by atoms with Crippen molar-refractivity contribution in [3.63, 3.8) is 0 Å². The van der Waals surface area contributed by atoms with E-state index in [2.05, 4.69) is 31.8 Å². The molecule has 0 heterocycles. The second-order valence-electron chi connectivity index (χ2n) is 6.53. The summed E-state index contributed by atoms with van der Waals surface area (Å²) < 4.78 is 0.332. The van der Waals surface area contributed by atoms with E-state index in [1.54, 1.807) is 19.9 Å². The van der Waals surface area contributed by atoms with Gasteiger partial charge in [0.15, 0.2) is 0 Å². The quantitative estimate of drug-likeness (QED) is 0.319. The topological polar surface area (TPSA) is 114 Å². The number of nitro benzene ring substituents is 1. The summed E-state index contributed by atoms with van der Waals surface area (Å²) in [4.78, 5) is 35.4. The number of hydrogen-bond donors (Lipinski definition) is 2. The van der Waals surface area contributed by atoms with Crippen LogP contribution < -0.4 is 10.7 Å². The predicted molar refractivity (Wildman–Crippen MR) is 119 cm³/mol. The molecule has 0 aliphatic heterocycles. The second-order valence-corrected chi connectivity index (χ2v) is 8.19. The molecule has 2 amide bonds. The lowest BCUT2D eigenvalue weighted by molar-refractivity contribution is -0.385. The molecule has 2 aromatic carbocycles. The van der Waals surface area contributed by atoms with Gasteiger partial charge in [0.2, 0.25) is 0 Å². The van der Waals surface area contributed by atoms with Gasteiger partial charge in [0, 0.05) is 17.2 Å². The van der Waals surface area contributed by atoms with Gasteiger partial charge in [-0.05, 0) is 46.1 Å². The minimum Gasteiger partial charge on any atom is -0.340 e. The average Bonchev–Trinajstić information content (AvgIpc) is 2.68. The molecule has 0 saturated heterocycles. The Bertz CT molecular complexity index is 1010. The van der Waals surface area contributed by atoms with Crippen molar-refractivity contribution in [2.75, 3.05) is 0 Å². The molecular formula is C19H17BrCl2N4O4. The van der Waals surface area contributed by atoms with E-state index in [1.807, 2.05) is 0 Å². The highest BCUT2D eigenvalue weighted by atomic mass is 79.9. The zero-order chi connectivity index (χ0) is 22.4. The van der Waals surface area contributed by atoms with Crippen LogP contribution in [0.2, 0.25) is 10.0 Å². The van der Waals surface area contributed by atoms with Gasteiger partial charge in [0.25, 0.3) is 17.5 Å². The zero-order valence-corrected chi connectivity index (χ0v) is 19.0. The van der Waals surface area contributed by atoms with Crippen molar-refractivity contribution in [3.8, 4) is 0 Å². The van der Waals surface area contributed by atoms with Gasteiger partial charge < -0.3 is 5.32 Å². The molecule has 0 aliphatic carbocycles. The SMILES string of the molecule is CC(C)C(NC(=O)c1ccc(Cl)c(Cl)c1)C(=O)N/N=C\c1ccc(Br)c([N+](=O)[O-])c1. The van der Waals surface area contributed by atoms with Gasteiger partial charge in [-0.3, -0.25) is 19.7 Å². The van der Waals surface area contributed by atoms with Gasteiger partial charge in [0.1, 0.15) is 6.04 Å². The molecule has 2 rings (SSSR count). The molecule has 1 unspecified atom stereocenters. The molecule has 0 spiro atoms. The van der Waals surface area contributed by atoms with E-state index in [4.69, 9.17) is 23.2 Å². The number of amides is 2. The van der Waals surface area contributed by atoms with Crippen LogP contribution in [-0.4, -0.2) is 29.0 Å². The molecule has 0 fully saturated rings. The van der Waals surface area contributed by atoms with Gasteiger partial charge in [0.05, 0.1) is 25.7 Å². The minimum absolute atomic E-state index is 0.126. The lowest BCUT2D eigenvalue weighted by Gasteiger charge is -2.20. The van der Waals surface area contributed by atoms with E-state index in [0.29, 0.717) is 15.1 Å². The Kier molecular flexibility index (Phi) is 8.33. The Labute approximate surface area is 190 Å². The standard InChI is InChI=1S/C19H17BrCl2N4O4/c1-10(2)17(24-18(27)12-4-6-14(21)15(22)8-12)19(28)25-23-9-11-3-5-13(20)16(7-11)26(29)30/h3-10,17H,1-2H3,(H,24,27)(H,25,28)/b23-9-. The molecular weight excluding hydrogens is 499 g/mol. The number of benzene rings is 2. The number of rotatable bonds is 7. The first-order valence-corrected chi connectivity index (χ1v) is 10.2. The number of carbonyl (C=O) groups is 2. The fourth-order valence-electron chi connectivity index (χ4n) is 2.39. The van der Waals surface area contributed by atoms with Gasteiger partial charge in [-0.2, -0.15) is 5.10 Å². The van der Waals surface area contributed by atoms with Gasteiger partial charge >= 0.3 is 0 Å². The first-order chi connectivity index (χ1) is 14.1. The minimum atomic E-state index is -0.872. The molecule has 8 nitrogen and oxygen atoms in total. The number of hydrogen-bond acceptors (Lipinski definition) is 5. The van der Waals surface area contributed by atoms with Crippen LogP contribution in [0.15, 0.2) is 46.0 Å². The maximum absolute atomic E-state index is 12.5. The largest absolute Gasteiger partial charge is 0.340 e. The third-order valence-electron chi connectivity index (χ3n) is 3.97. The summed E-state index contributed by atoms with van der Waals surface area (Å²) in [6.45, 7) is 3.53. The number of nitro groups is 1. The van der Waals surface area contributed by atoms with Crippen LogP contribution in [-0.2, 0) is 4.79 Å². The van der Waals surface area contributed by atoms with Crippen LogP contribution in [0.4, 0.5) is 5.69 Å². The molecule has 2 N–H and O–H groups in total. The van der Waals surface area contributed by atoms with E-state index in [9.17, 15) is 19.7 Å². The highest BCUT2D eigenvalue weighted by molar-refractivity contribution is 9.10. The summed E-state index contributed by atoms with van der Waals surface area (Å²) in [5.41, 5.74) is 2.89. The van der Waals surface area contributed by atoms with Crippen molar-refractivity contribution in [1.82, 2.24) is 10.7 Å². The van der Waals surface area contributed by atoms with E-state index in [1.165, 1.54) is 36.5 Å². The Balaban J connectivity index is 2.07. The highest BCUT2D eigenvalue weighted by Crippen LogP contribution is 2.25. The molecule has 1 atom stereocenters. The summed E-state index contributed by atoms with van der Waals surface area (Å²) in [5, 5.41) is 18.0. The fourth-order valence-corrected chi connectivity index (χ4v) is 3.08. The van der Waals surface area contributed by atoms with Crippen LogP contribution in [0.3, 0.4) is 0 Å². The van der Waals surface area contributed by atoms with Crippen molar-refractivity contribution < 1.29 is 14.5 Å². The first-order valence-electron chi connectivity index (χ1n) is 8.63. The van der Waals surface area contributed by atoms with E-state index >= 15 is 0 Å². The van der Waals surface area contributed by atoms with Gasteiger partial charge in [-0.15, -0.1) is 0 Å². The Morgan fingerprint density at radius 1 is 1.17 bits per heavy atom. The van der Waals surface area contributed by atoms with Crippen molar-refractivity contribution in [2.45, 2.75) is 19.9 Å². The number of halogens is 3. The lowest BCUT2D eigenvalue weighted by Crippen LogP contribution is -2.48. The fraction of sp³-hybridized carbons (Fsp3) is 0.211. The highest BCUT2D eigenvalue weighted by Gasteiger charge is 2.24. The van der Waals surface area contributed by atoms with Crippen molar-refractivity contribution in [2.24, 2.45) is 11.0 Å². The van der Waals surface area contributed by atoms with Crippen LogP contribution >= 0.6 is 39.1 Å². The summed E-state index contributed by atoms with van der Waals surface area (Å²) in [5.74, 6) is -1.27. The first kappa shape index (κ1) is 23.8. The number of hydrazone groups is 1. The molecule has 0 aromatic heterocycles. The molecule has 0 aliphatic rings. The zero-order valence-electron chi connectivity index (χ0n) is 15.9. The van der Waals surface area contributed by atoms with Gasteiger partial charge in [-0.1, -0.05) is 43.1 Å². The summed E-state index contributed by atoms with van der Waals surface area (Å²) in [6, 6.07) is 7.94. The molecule has 2 aromatic rings. The normalized spacial score (nSPS) is 12.1. The number of carbonyl (C=O) groups excluding carboxylic acids is 2. The molecule has 158 valence electrons. The smallest absolute Gasteiger partial charge is 0.284 e. The third-order valence-corrected chi connectivity index (χ3v) is 5.38. The molecule has 0 radical (unpaired) electrons. The Morgan fingerprint density at radius 2 is 1.87 bits per heavy atom. The van der Waals surface area contributed by atoms with E-state index in [-0.39, 0.29) is 22.2 Å². The van der Waals surface area contributed by atoms with Crippen molar-refractivity contribution in [3.05, 3.63) is 72.2 Å². The van der Waals surface area contributed by atoms with E-state index < -0.39 is 22.8 Å². The monoisotopic (exact) mass is 514 g/mol. The molecule has 0 saturated carbocycles. The number of nitrogens with zero attached hydrogens (tertiary/aromatic N) is 2. The van der Waals surface area contributed by atoms with Crippen LogP contribution in [0.25, 0.3) is 0 Å². The van der Waals surface area contributed by atoms with E-state index in [0.717, 1.165) is 0 Å². The van der Waals surface area contributed by atoms with Crippen LogP contribution in [0.1, 0.15) is 29.8 Å². The van der Waals surface area contributed by atoms with Crippen LogP contribution in [0, 0.1) is 16.0 Å². The molecule has 0 bridgehead atoms. The predicted octanol–water partition coefficient (Wildman–Crippen LogP) is 4.57. The summed E-state index contributed by atoms with van der Waals surface area (Å²) >= 11 is 14.9. The molecule has 11 heteroatoms.